The van der Waals surface area contributed by atoms with Crippen LogP contribution in [0.5, 0.6) is 0 Å². The molecule has 0 aliphatic rings. The van der Waals surface area contributed by atoms with Gasteiger partial charge in [-0.15, -0.1) is 0 Å². The van der Waals surface area contributed by atoms with Gasteiger partial charge in [0, 0.05) is 42.5 Å². The molecule has 0 fully saturated rings. The molecule has 2 rings (SSSR count). The Morgan fingerprint density at radius 2 is 1.80 bits per heavy atom. The second-order valence-electron chi connectivity index (χ2n) is 4.54. The highest BCUT2D eigenvalue weighted by Crippen LogP contribution is 2.25. The number of anilines is 1. The number of aliphatic hydroxyl groups excluding tert-OH is 1. The number of hydrogen-bond acceptors (Lipinski definition) is 2. The Labute approximate surface area is 128 Å². The summed E-state index contributed by atoms with van der Waals surface area (Å²) in [5, 5.41) is 11.1. The summed E-state index contributed by atoms with van der Waals surface area (Å²) in [6.07, 6.45) is 5.30. The number of benzene rings is 1. The van der Waals surface area contributed by atoms with E-state index < -0.39 is 0 Å². The highest BCUT2D eigenvalue weighted by atomic mass is 35.5. The van der Waals surface area contributed by atoms with Gasteiger partial charge in [0.2, 0.25) is 6.20 Å². The Hall–Kier alpha value is -1.71. The van der Waals surface area contributed by atoms with Crippen molar-refractivity contribution in [3.05, 3.63) is 58.3 Å². The maximum atomic E-state index is 10.1. The minimum Gasteiger partial charge on any atom is -0.502 e. The van der Waals surface area contributed by atoms with Gasteiger partial charge < -0.3 is 10.0 Å². The van der Waals surface area contributed by atoms with Crippen LogP contribution in [-0.2, 0) is 0 Å². The van der Waals surface area contributed by atoms with Gasteiger partial charge in [0.15, 0.2) is 18.2 Å². The monoisotopic (exact) mass is 309 g/mol. The van der Waals surface area contributed by atoms with Crippen LogP contribution in [0.15, 0.2) is 42.7 Å². The number of pyridine rings is 1. The molecule has 0 aliphatic heterocycles. The van der Waals surface area contributed by atoms with Crippen LogP contribution in [0, 0.1) is 0 Å². The van der Waals surface area contributed by atoms with Gasteiger partial charge in [-0.1, -0.05) is 23.2 Å². The Morgan fingerprint density at radius 1 is 1.15 bits per heavy atom. The highest BCUT2D eigenvalue weighted by Gasteiger charge is 2.09. The lowest BCUT2D eigenvalue weighted by Gasteiger charge is -2.09. The molecule has 1 N–H and O–H groups in total. The van der Waals surface area contributed by atoms with E-state index in [1.807, 2.05) is 43.5 Å². The van der Waals surface area contributed by atoms with E-state index in [0.717, 1.165) is 5.69 Å². The van der Waals surface area contributed by atoms with E-state index in [9.17, 15) is 5.11 Å². The van der Waals surface area contributed by atoms with Crippen LogP contribution in [0.25, 0.3) is 12.0 Å². The Kier molecular flexibility index (Phi) is 4.53. The molecule has 2 aromatic rings. The SMILES string of the molecule is CN(C)c1cc[n+](/C=C(\O)c2ccc(Cl)cc2Cl)cc1. The molecule has 0 aliphatic carbocycles. The van der Waals surface area contributed by atoms with Gasteiger partial charge in [-0.2, -0.15) is 4.57 Å². The first-order valence-electron chi connectivity index (χ1n) is 6.01. The minimum atomic E-state index is 0.0780. The number of aromatic nitrogens is 1. The lowest BCUT2D eigenvalue weighted by Crippen LogP contribution is -2.25. The van der Waals surface area contributed by atoms with Gasteiger partial charge in [0.1, 0.15) is 0 Å². The predicted molar refractivity (Wildman–Crippen MR) is 84.2 cm³/mol. The first-order chi connectivity index (χ1) is 9.47. The molecule has 1 heterocycles. The summed E-state index contributed by atoms with van der Waals surface area (Å²) >= 11 is 11.9. The number of nitrogens with zero attached hydrogens (tertiary/aromatic N) is 2. The van der Waals surface area contributed by atoms with Crippen LogP contribution >= 0.6 is 23.2 Å². The smallest absolute Gasteiger partial charge is 0.217 e. The average Bonchev–Trinajstić information content (AvgIpc) is 2.39. The van der Waals surface area contributed by atoms with Crippen molar-refractivity contribution in [3.8, 4) is 0 Å². The van der Waals surface area contributed by atoms with Gasteiger partial charge in [0.25, 0.3) is 0 Å². The molecule has 0 radical (unpaired) electrons. The highest BCUT2D eigenvalue weighted by molar-refractivity contribution is 6.35. The third kappa shape index (κ3) is 3.44. The molecule has 3 nitrogen and oxygen atoms in total. The molecule has 0 bridgehead atoms. The summed E-state index contributed by atoms with van der Waals surface area (Å²) in [5.41, 5.74) is 1.62. The van der Waals surface area contributed by atoms with Crippen molar-refractivity contribution >= 4 is 40.8 Å². The molecular weight excluding hydrogens is 295 g/mol. The Bertz CT molecular complexity index is 637. The van der Waals surface area contributed by atoms with Gasteiger partial charge in [-0.05, 0) is 18.2 Å². The van der Waals surface area contributed by atoms with E-state index in [0.29, 0.717) is 15.6 Å². The average molecular weight is 310 g/mol. The van der Waals surface area contributed by atoms with Crippen molar-refractivity contribution in [3.63, 3.8) is 0 Å². The van der Waals surface area contributed by atoms with E-state index in [-0.39, 0.29) is 5.76 Å². The van der Waals surface area contributed by atoms with Crippen LogP contribution < -0.4 is 9.47 Å². The number of hydrogen-bond donors (Lipinski definition) is 1. The van der Waals surface area contributed by atoms with E-state index in [2.05, 4.69) is 0 Å². The third-order valence-corrected chi connectivity index (χ3v) is 3.38. The summed E-state index contributed by atoms with van der Waals surface area (Å²) < 4.78 is 1.76. The van der Waals surface area contributed by atoms with Crippen molar-refractivity contribution in [1.82, 2.24) is 0 Å². The number of halogens is 2. The molecule has 104 valence electrons. The lowest BCUT2D eigenvalue weighted by atomic mass is 10.2. The quantitative estimate of drug-likeness (QED) is 0.688. The van der Waals surface area contributed by atoms with Gasteiger partial charge in [0.05, 0.1) is 5.02 Å². The van der Waals surface area contributed by atoms with Gasteiger partial charge in [-0.25, -0.2) is 0 Å². The molecule has 1 aromatic heterocycles. The minimum absolute atomic E-state index is 0.0780. The van der Waals surface area contributed by atoms with Crippen LogP contribution in [0.3, 0.4) is 0 Å². The zero-order valence-corrected chi connectivity index (χ0v) is 12.7. The maximum Gasteiger partial charge on any atom is 0.217 e. The summed E-state index contributed by atoms with van der Waals surface area (Å²) in [4.78, 5) is 2.00. The summed E-state index contributed by atoms with van der Waals surface area (Å²) in [6, 6.07) is 8.88. The summed E-state index contributed by atoms with van der Waals surface area (Å²) in [5.74, 6) is 0.0780. The molecule has 0 spiro atoms. The summed E-state index contributed by atoms with van der Waals surface area (Å²) in [7, 11) is 3.95. The fourth-order valence-corrected chi connectivity index (χ4v) is 2.23. The van der Waals surface area contributed by atoms with E-state index in [1.54, 1.807) is 29.0 Å². The molecule has 5 heteroatoms. The molecule has 0 unspecified atom stereocenters. The first-order valence-corrected chi connectivity index (χ1v) is 6.77. The predicted octanol–water partition coefficient (Wildman–Crippen LogP) is 3.86. The number of aliphatic hydroxyl groups is 1. The van der Waals surface area contributed by atoms with E-state index >= 15 is 0 Å². The zero-order chi connectivity index (χ0) is 14.7. The maximum absolute atomic E-state index is 10.1. The second-order valence-corrected chi connectivity index (χ2v) is 5.38. The van der Waals surface area contributed by atoms with Crippen molar-refractivity contribution < 1.29 is 9.67 Å². The fourth-order valence-electron chi connectivity index (χ4n) is 1.72. The van der Waals surface area contributed by atoms with Crippen LogP contribution in [0.4, 0.5) is 5.69 Å². The Balaban J connectivity index is 2.29. The normalized spacial score (nSPS) is 11.5. The molecule has 0 saturated carbocycles. The Morgan fingerprint density at radius 3 is 2.35 bits per heavy atom. The lowest BCUT2D eigenvalue weighted by molar-refractivity contribution is -0.568. The van der Waals surface area contributed by atoms with Crippen molar-refractivity contribution in [2.45, 2.75) is 0 Å². The third-order valence-electron chi connectivity index (χ3n) is 2.83. The van der Waals surface area contributed by atoms with Gasteiger partial charge in [-0.3, -0.25) is 0 Å². The molecule has 0 amide bonds. The first kappa shape index (κ1) is 14.7. The second kappa shape index (κ2) is 6.16. The standard InChI is InChI=1S/C15H14Cl2N2O/c1-18(2)12-5-7-19(8-6-12)10-15(20)13-4-3-11(16)9-14(13)17/h3-10H,1-2H3/p+1/b15-10-. The largest absolute Gasteiger partial charge is 0.502 e. The van der Waals surface area contributed by atoms with Crippen molar-refractivity contribution in [2.24, 2.45) is 0 Å². The molecule has 0 atom stereocenters. The van der Waals surface area contributed by atoms with Crippen LogP contribution in [0.2, 0.25) is 10.0 Å². The summed E-state index contributed by atoms with van der Waals surface area (Å²) in [6.45, 7) is 0. The fraction of sp³-hybridized carbons (Fsp3) is 0.133. The molecule has 20 heavy (non-hydrogen) atoms. The zero-order valence-electron chi connectivity index (χ0n) is 11.2. The van der Waals surface area contributed by atoms with Crippen molar-refractivity contribution in [2.75, 3.05) is 19.0 Å². The van der Waals surface area contributed by atoms with Crippen LogP contribution in [0.1, 0.15) is 5.56 Å². The van der Waals surface area contributed by atoms with Crippen LogP contribution in [-0.4, -0.2) is 19.2 Å². The van der Waals surface area contributed by atoms with Crippen molar-refractivity contribution in [1.29, 1.82) is 0 Å². The number of rotatable bonds is 3. The van der Waals surface area contributed by atoms with Gasteiger partial charge >= 0.3 is 0 Å². The molecular formula is C15H15Cl2N2O+. The molecule has 0 saturated heterocycles. The topological polar surface area (TPSA) is 27.4 Å². The van der Waals surface area contributed by atoms with E-state index in [1.165, 1.54) is 0 Å². The molecule has 1 aromatic carbocycles. The van der Waals surface area contributed by atoms with E-state index in [4.69, 9.17) is 23.2 Å².